The van der Waals surface area contributed by atoms with Crippen molar-refractivity contribution in [2.24, 2.45) is 15.7 Å². The van der Waals surface area contributed by atoms with Crippen LogP contribution in [0, 0.1) is 5.53 Å². The maximum Gasteiger partial charge on any atom is 0.00971 e. The van der Waals surface area contributed by atoms with E-state index in [-0.39, 0.29) is 0 Å². The van der Waals surface area contributed by atoms with Gasteiger partial charge in [-0.15, -0.1) is 0 Å². The minimum Gasteiger partial charge on any atom is -0.183 e. The average molecular weight is 153 g/mol. The normalized spacial score (nSPS) is 9.75. The standard InChI is InChI=1S/H3N5OS2/c1-2-3-4-5(7)6-8/h1,7-8H/b2-1?,4-3+. The number of rotatable bonds is 3. The minimum absolute atomic E-state index is 0.640. The van der Waals surface area contributed by atoms with Crippen molar-refractivity contribution >= 4 is 25.7 Å². The summed E-state index contributed by atoms with van der Waals surface area (Å²) in [6.45, 7) is 0. The molecule has 0 fully saturated rings. The van der Waals surface area contributed by atoms with E-state index in [0.29, 0.717) is 4.58 Å². The molecule has 0 aromatic rings. The predicted molar refractivity (Wildman–Crippen MR) is 30.9 cm³/mol. The molecule has 0 atom stereocenters. The van der Waals surface area contributed by atoms with Gasteiger partial charge in [-0.2, -0.15) is 9.81 Å². The molecule has 0 bridgehead atoms. The van der Waals surface area contributed by atoms with Gasteiger partial charge in [-0.1, -0.05) is 4.58 Å². The molecular formula is H3N5OS2. The smallest absolute Gasteiger partial charge is 0.00971 e. The first kappa shape index (κ1) is 7.66. The van der Waals surface area contributed by atoms with E-state index in [2.05, 4.69) is 45.7 Å². The third kappa shape index (κ3) is 3.84. The highest BCUT2D eigenvalue weighted by atomic mass is 32.1. The van der Waals surface area contributed by atoms with Crippen LogP contribution in [0.1, 0.15) is 0 Å². The molecule has 0 amide bonds. The molecule has 6 nitrogen and oxygen atoms in total. The van der Waals surface area contributed by atoms with Gasteiger partial charge in [-0.3, -0.25) is 0 Å². The highest BCUT2D eigenvalue weighted by Crippen LogP contribution is 1.97. The summed E-state index contributed by atoms with van der Waals surface area (Å²) in [7, 11) is 0. The summed E-state index contributed by atoms with van der Waals surface area (Å²) in [4.78, 5) is 0. The Morgan fingerprint density at radius 3 is 2.62 bits per heavy atom. The van der Waals surface area contributed by atoms with Crippen molar-refractivity contribution in [2.45, 2.75) is 0 Å². The van der Waals surface area contributed by atoms with Gasteiger partial charge in [0.1, 0.15) is 0 Å². The quantitative estimate of drug-likeness (QED) is 0.247. The van der Waals surface area contributed by atoms with E-state index in [1.807, 2.05) is 0 Å². The second-order valence-corrected chi connectivity index (χ2v) is 1.12. The zero-order valence-corrected chi connectivity index (χ0v) is 5.38. The summed E-state index contributed by atoms with van der Waals surface area (Å²) in [5.74, 6) is 0. The van der Waals surface area contributed by atoms with Crippen molar-refractivity contribution < 1.29 is 4.28 Å². The first-order valence-electron chi connectivity index (χ1n) is 1.39. The highest BCUT2D eigenvalue weighted by Gasteiger charge is 1.84. The fourth-order valence-corrected chi connectivity index (χ4v) is 0.139. The van der Waals surface area contributed by atoms with Gasteiger partial charge in [0.25, 0.3) is 0 Å². The van der Waals surface area contributed by atoms with Gasteiger partial charge in [0.05, 0.1) is 0 Å². The summed E-state index contributed by atoms with van der Waals surface area (Å²) in [6, 6.07) is 0. The van der Waals surface area contributed by atoms with Gasteiger partial charge < -0.3 is 0 Å². The zero-order valence-electron chi connectivity index (χ0n) is 3.59. The van der Waals surface area contributed by atoms with Crippen LogP contribution < -0.4 is 0 Å². The van der Waals surface area contributed by atoms with Gasteiger partial charge >= 0.3 is 0 Å². The lowest BCUT2D eigenvalue weighted by molar-refractivity contribution is 0.0799. The summed E-state index contributed by atoms with van der Waals surface area (Å²) in [6.07, 6.45) is 0. The molecule has 0 heterocycles. The molecule has 1 N–H and O–H groups in total. The van der Waals surface area contributed by atoms with Crippen LogP contribution in [0.2, 0.25) is 0 Å². The minimum atomic E-state index is 0.640. The van der Waals surface area contributed by atoms with Crippen LogP contribution in [0.5, 0.6) is 0 Å². The second kappa shape index (κ2) is 4.81. The monoisotopic (exact) mass is 153 g/mol. The van der Waals surface area contributed by atoms with Crippen LogP contribution in [-0.4, -0.2) is 4.58 Å². The molecule has 8 heavy (non-hydrogen) atoms. The molecule has 0 saturated heterocycles. The second-order valence-electron chi connectivity index (χ2n) is 0.613. The predicted octanol–water partition coefficient (Wildman–Crippen LogP) is 1.22. The van der Waals surface area contributed by atoms with Crippen molar-refractivity contribution in [3.05, 3.63) is 0 Å². The van der Waals surface area contributed by atoms with E-state index >= 15 is 0 Å². The van der Waals surface area contributed by atoms with Crippen LogP contribution in [0.25, 0.3) is 0 Å². The Kier molecular flexibility index (Phi) is 4.61. The SMILES string of the molecule is N=N/N=N/N(S)OS. The van der Waals surface area contributed by atoms with E-state index in [9.17, 15) is 0 Å². The topological polar surface area (TPSA) is 73.4 Å². The number of hydrogen-bond acceptors (Lipinski definition) is 5. The summed E-state index contributed by atoms with van der Waals surface area (Å²) < 4.78 is 4.68. The Morgan fingerprint density at radius 2 is 2.25 bits per heavy atom. The highest BCUT2D eigenvalue weighted by molar-refractivity contribution is 7.79. The molecule has 8 heteroatoms. The Labute approximate surface area is 56.5 Å². The lowest BCUT2D eigenvalue weighted by Gasteiger charge is -1.98. The maximum absolute atomic E-state index is 6.09. The number of nitrogens with one attached hydrogen (secondary N) is 1. The van der Waals surface area contributed by atoms with E-state index in [4.69, 9.17) is 5.53 Å². The number of hydrogen-bond donors (Lipinski definition) is 3. The van der Waals surface area contributed by atoms with Gasteiger partial charge in [0, 0.05) is 12.9 Å². The van der Waals surface area contributed by atoms with Gasteiger partial charge in [0.15, 0.2) is 0 Å². The number of nitrogens with zero attached hydrogens (tertiary/aromatic N) is 4. The van der Waals surface area contributed by atoms with Gasteiger partial charge in [0.2, 0.25) is 0 Å². The molecule has 0 saturated carbocycles. The van der Waals surface area contributed by atoms with Crippen LogP contribution in [0.4, 0.5) is 0 Å². The van der Waals surface area contributed by atoms with E-state index in [0.717, 1.165) is 0 Å². The third-order valence-electron chi connectivity index (χ3n) is 0.234. The molecule has 0 unspecified atom stereocenters. The van der Waals surface area contributed by atoms with Crippen LogP contribution >= 0.6 is 25.7 Å². The largest absolute Gasteiger partial charge is 0.183 e. The van der Waals surface area contributed by atoms with Gasteiger partial charge in [-0.05, 0) is 28.5 Å². The number of thiol groups is 2. The molecule has 0 aliphatic rings. The summed E-state index contributed by atoms with van der Waals surface area (Å²) in [5.41, 5.74) is 6.09. The fourth-order valence-electron chi connectivity index (χ4n) is 0.0705. The van der Waals surface area contributed by atoms with Gasteiger partial charge in [-0.25, -0.2) is 0 Å². The molecule has 0 radical (unpaired) electrons. The lowest BCUT2D eigenvalue weighted by atomic mass is 12.5. The molecule has 0 aromatic carbocycles. The van der Waals surface area contributed by atoms with Crippen molar-refractivity contribution in [2.75, 3.05) is 0 Å². The molecule has 0 aliphatic heterocycles. The van der Waals surface area contributed by atoms with Crippen LogP contribution in [-0.2, 0) is 4.28 Å². The van der Waals surface area contributed by atoms with E-state index < -0.39 is 0 Å². The van der Waals surface area contributed by atoms with Crippen molar-refractivity contribution in [3.8, 4) is 0 Å². The fraction of sp³-hybridized carbons (Fsp3) is 0. The maximum atomic E-state index is 6.09. The molecule has 0 aliphatic carbocycles. The molecule has 0 aromatic heterocycles. The van der Waals surface area contributed by atoms with E-state index in [1.165, 1.54) is 0 Å². The van der Waals surface area contributed by atoms with Crippen molar-refractivity contribution in [1.29, 1.82) is 5.53 Å². The first-order valence-corrected chi connectivity index (χ1v) is 2.15. The summed E-state index contributed by atoms with van der Waals surface area (Å²) in [5, 5.41) is 8.39. The van der Waals surface area contributed by atoms with Crippen LogP contribution in [0.3, 0.4) is 0 Å². The molecule has 0 spiro atoms. The van der Waals surface area contributed by atoms with E-state index in [1.54, 1.807) is 0 Å². The molecular weight excluding hydrogens is 150 g/mol. The van der Waals surface area contributed by atoms with Crippen molar-refractivity contribution in [3.63, 3.8) is 0 Å². The zero-order chi connectivity index (χ0) is 6.41. The Morgan fingerprint density at radius 1 is 1.62 bits per heavy atom. The van der Waals surface area contributed by atoms with Crippen LogP contribution in [0.15, 0.2) is 15.7 Å². The third-order valence-corrected chi connectivity index (χ3v) is 0.679. The Balaban J connectivity index is 3.35. The molecule has 46 valence electrons. The lowest BCUT2D eigenvalue weighted by Crippen LogP contribution is -1.93. The Bertz CT molecular complexity index is 90.4. The summed E-state index contributed by atoms with van der Waals surface area (Å²) >= 11 is 6.78. The Hall–Kier alpha value is -0.340. The first-order chi connectivity index (χ1) is 3.81. The average Bonchev–Trinajstić information content (AvgIpc) is 1.83. The molecule has 0 rings (SSSR count). The van der Waals surface area contributed by atoms with Crippen molar-refractivity contribution in [1.82, 2.24) is 4.58 Å².